The van der Waals surface area contributed by atoms with Gasteiger partial charge in [0, 0.05) is 41.3 Å². The molecular weight excluding hydrogens is 416 g/mol. The lowest BCUT2D eigenvalue weighted by molar-refractivity contribution is -0.104. The molecule has 0 bridgehead atoms. The Morgan fingerprint density at radius 2 is 2.09 bits per heavy atom. The molecule has 1 spiro atoms. The minimum Gasteiger partial charge on any atom is -0.375 e. The molecule has 1 saturated carbocycles. The van der Waals surface area contributed by atoms with Crippen LogP contribution in [0.25, 0.3) is 0 Å². The van der Waals surface area contributed by atoms with Gasteiger partial charge >= 0.3 is 0 Å². The van der Waals surface area contributed by atoms with Crippen LogP contribution in [0.2, 0.25) is 0 Å². The van der Waals surface area contributed by atoms with Gasteiger partial charge in [-0.25, -0.2) is 0 Å². The zero-order chi connectivity index (χ0) is 21.9. The summed E-state index contributed by atoms with van der Waals surface area (Å²) < 4.78 is 12.7. The van der Waals surface area contributed by atoms with Crippen LogP contribution in [0.1, 0.15) is 92.9 Å². The summed E-state index contributed by atoms with van der Waals surface area (Å²) in [5, 5.41) is 6.01. The third-order valence-electron chi connectivity index (χ3n) is 8.08. The quantitative estimate of drug-likeness (QED) is 0.487. The maximum absolute atomic E-state index is 6.40. The number of nitrogens with zero attached hydrogens (tertiary/aromatic N) is 1. The Morgan fingerprint density at radius 1 is 1.19 bits per heavy atom. The predicted molar refractivity (Wildman–Crippen MR) is 130 cm³/mol. The van der Waals surface area contributed by atoms with Gasteiger partial charge in [0.1, 0.15) is 6.10 Å². The van der Waals surface area contributed by atoms with E-state index in [-0.39, 0.29) is 17.1 Å². The Morgan fingerprint density at radius 3 is 2.91 bits per heavy atom. The van der Waals surface area contributed by atoms with Crippen LogP contribution in [-0.2, 0) is 14.9 Å². The second kappa shape index (κ2) is 9.92. The Labute approximate surface area is 197 Å². The summed E-state index contributed by atoms with van der Waals surface area (Å²) in [5.41, 5.74) is 2.99. The number of rotatable bonds is 8. The van der Waals surface area contributed by atoms with Gasteiger partial charge in [0.05, 0.1) is 12.2 Å². The molecule has 2 aromatic rings. The molecule has 1 saturated heterocycles. The van der Waals surface area contributed by atoms with Crippen molar-refractivity contribution < 1.29 is 9.47 Å². The monoisotopic (exact) mass is 454 g/mol. The van der Waals surface area contributed by atoms with Gasteiger partial charge < -0.3 is 14.8 Å². The van der Waals surface area contributed by atoms with E-state index in [9.17, 15) is 0 Å². The summed E-state index contributed by atoms with van der Waals surface area (Å²) in [4.78, 5) is 6.28. The second-order valence-corrected chi connectivity index (χ2v) is 11.1. The van der Waals surface area contributed by atoms with Crippen LogP contribution in [0.5, 0.6) is 0 Å². The van der Waals surface area contributed by atoms with E-state index in [1.54, 1.807) is 0 Å². The molecular formula is C27H38N2O2S. The van der Waals surface area contributed by atoms with E-state index >= 15 is 0 Å². The largest absolute Gasteiger partial charge is 0.375 e. The zero-order valence-corrected chi connectivity index (χ0v) is 20.3. The third kappa shape index (κ3) is 4.54. The lowest BCUT2D eigenvalue weighted by atomic mass is 9.68. The lowest BCUT2D eigenvalue weighted by Crippen LogP contribution is -2.47. The standard InChI is InChI=1S/C27H38N2O2S/c1-2-7-21-19-30-23(25-22(21)9-17-32-25)18-28-15-12-26(24-8-3-6-14-29-24)13-16-31-27(20-26)10-4-5-11-27/h3,6,8-9,14,17,21,23,28H,2,4-5,7,10-13,15-16,18-20H2,1H3/t21?,23?,26-/m1/s1. The summed E-state index contributed by atoms with van der Waals surface area (Å²) >= 11 is 1.87. The first-order valence-electron chi connectivity index (χ1n) is 12.7. The summed E-state index contributed by atoms with van der Waals surface area (Å²) in [7, 11) is 0. The van der Waals surface area contributed by atoms with Crippen LogP contribution in [0.3, 0.4) is 0 Å². The first-order valence-corrected chi connectivity index (χ1v) is 13.6. The van der Waals surface area contributed by atoms with Crippen LogP contribution in [0, 0.1) is 0 Å². The maximum atomic E-state index is 6.40. The van der Waals surface area contributed by atoms with E-state index in [4.69, 9.17) is 14.5 Å². The van der Waals surface area contributed by atoms with Crippen molar-refractivity contribution in [3.63, 3.8) is 0 Å². The molecule has 1 aliphatic carbocycles. The van der Waals surface area contributed by atoms with E-state index in [0.717, 1.165) is 45.6 Å². The van der Waals surface area contributed by atoms with Crippen molar-refractivity contribution in [3.05, 3.63) is 52.0 Å². The molecule has 4 nitrogen and oxygen atoms in total. The highest BCUT2D eigenvalue weighted by Crippen LogP contribution is 2.49. The van der Waals surface area contributed by atoms with Gasteiger partial charge in [-0.2, -0.15) is 0 Å². The molecule has 2 aliphatic heterocycles. The molecule has 0 aromatic carbocycles. The van der Waals surface area contributed by atoms with E-state index in [2.05, 4.69) is 35.8 Å². The second-order valence-electron chi connectivity index (χ2n) is 10.2. The number of nitrogens with one attached hydrogen (secondary N) is 1. The molecule has 32 heavy (non-hydrogen) atoms. The Bertz CT molecular complexity index is 864. The molecule has 1 N–H and O–H groups in total. The average molecular weight is 455 g/mol. The fraction of sp³-hybridized carbons (Fsp3) is 0.667. The summed E-state index contributed by atoms with van der Waals surface area (Å²) in [5.74, 6) is 0.578. The van der Waals surface area contributed by atoms with Crippen molar-refractivity contribution in [3.8, 4) is 0 Å². The highest BCUT2D eigenvalue weighted by Gasteiger charge is 2.48. The highest BCUT2D eigenvalue weighted by atomic mass is 32.1. The van der Waals surface area contributed by atoms with E-state index < -0.39 is 0 Å². The maximum Gasteiger partial charge on any atom is 0.104 e. The van der Waals surface area contributed by atoms with Crippen LogP contribution in [0.15, 0.2) is 35.8 Å². The number of aromatic nitrogens is 1. The van der Waals surface area contributed by atoms with Crippen molar-refractivity contribution in [2.24, 2.45) is 0 Å². The molecule has 5 heteroatoms. The highest BCUT2D eigenvalue weighted by molar-refractivity contribution is 7.10. The van der Waals surface area contributed by atoms with E-state index in [1.165, 1.54) is 54.7 Å². The molecule has 2 aromatic heterocycles. The number of thiophene rings is 1. The number of ether oxygens (including phenoxy) is 2. The zero-order valence-electron chi connectivity index (χ0n) is 19.5. The number of fused-ring (bicyclic) bond motifs is 1. The normalized spacial score (nSPS) is 29.3. The molecule has 0 amide bonds. The van der Waals surface area contributed by atoms with Gasteiger partial charge in [0.25, 0.3) is 0 Å². The molecule has 0 radical (unpaired) electrons. The summed E-state index contributed by atoms with van der Waals surface area (Å²) in [6, 6.07) is 8.75. The van der Waals surface area contributed by atoms with Gasteiger partial charge in [-0.3, -0.25) is 4.98 Å². The number of pyridine rings is 1. The molecule has 3 atom stereocenters. The van der Waals surface area contributed by atoms with Crippen molar-refractivity contribution in [1.29, 1.82) is 0 Å². The van der Waals surface area contributed by atoms with E-state index in [1.807, 2.05) is 23.6 Å². The van der Waals surface area contributed by atoms with Crippen LogP contribution in [0.4, 0.5) is 0 Å². The van der Waals surface area contributed by atoms with Crippen LogP contribution < -0.4 is 5.32 Å². The van der Waals surface area contributed by atoms with Crippen molar-refractivity contribution >= 4 is 11.3 Å². The van der Waals surface area contributed by atoms with Gasteiger partial charge in [0.15, 0.2) is 0 Å². The molecule has 4 heterocycles. The molecule has 5 rings (SSSR count). The molecule has 2 fully saturated rings. The summed E-state index contributed by atoms with van der Waals surface area (Å²) in [6.07, 6.45) is 12.9. The number of hydrogen-bond donors (Lipinski definition) is 1. The van der Waals surface area contributed by atoms with Gasteiger partial charge in [-0.1, -0.05) is 32.3 Å². The summed E-state index contributed by atoms with van der Waals surface area (Å²) in [6.45, 7) is 5.88. The fourth-order valence-corrected chi connectivity index (χ4v) is 7.46. The van der Waals surface area contributed by atoms with Gasteiger partial charge in [-0.15, -0.1) is 11.3 Å². The minimum absolute atomic E-state index is 0.0857. The van der Waals surface area contributed by atoms with Gasteiger partial charge in [-0.05, 0) is 74.2 Å². The smallest absolute Gasteiger partial charge is 0.104 e. The minimum atomic E-state index is 0.0857. The molecule has 3 aliphatic rings. The Hall–Kier alpha value is -1.27. The third-order valence-corrected chi connectivity index (χ3v) is 9.10. The first-order chi connectivity index (χ1) is 15.7. The Kier molecular flexibility index (Phi) is 6.98. The fourth-order valence-electron chi connectivity index (χ4n) is 6.42. The molecule has 174 valence electrons. The van der Waals surface area contributed by atoms with Crippen molar-refractivity contribution in [1.82, 2.24) is 10.3 Å². The average Bonchev–Trinajstić information content (AvgIpc) is 3.49. The van der Waals surface area contributed by atoms with Crippen molar-refractivity contribution in [2.45, 2.75) is 87.7 Å². The van der Waals surface area contributed by atoms with E-state index in [0.29, 0.717) is 5.92 Å². The SMILES string of the molecule is CCCC1COC(CNCC[C@@]2(c3ccccn3)CCOC3(CCCC3)C2)c2sccc21. The topological polar surface area (TPSA) is 43.4 Å². The Balaban J connectivity index is 1.24. The van der Waals surface area contributed by atoms with Crippen molar-refractivity contribution in [2.75, 3.05) is 26.3 Å². The van der Waals surface area contributed by atoms with Gasteiger partial charge in [0.2, 0.25) is 0 Å². The lowest BCUT2D eigenvalue weighted by Gasteiger charge is -2.46. The predicted octanol–water partition coefficient (Wildman–Crippen LogP) is 6.14. The molecule has 2 unspecified atom stereocenters. The first kappa shape index (κ1) is 22.5. The van der Waals surface area contributed by atoms with Crippen LogP contribution in [-0.4, -0.2) is 36.9 Å². The van der Waals surface area contributed by atoms with Crippen LogP contribution >= 0.6 is 11.3 Å². The number of hydrogen-bond acceptors (Lipinski definition) is 5.